The first-order valence-electron chi connectivity index (χ1n) is 16.4. The molecule has 1 atom stereocenters. The summed E-state index contributed by atoms with van der Waals surface area (Å²) in [5.74, 6) is -0.622. The van der Waals surface area contributed by atoms with Gasteiger partial charge in [0.1, 0.15) is 27.9 Å². The zero-order chi connectivity index (χ0) is 32.2. The standard InChI is InChI=1S/C36H36FN5O5/c1-21(43)39-22-8-7-14-41(19-22)33-27(37)16-25-32-35(33)47-31-17-24-23-9-3-4-10-29(23)46-30(24)18-28(31)42(32)20-26(34(25)44)36(45)38-11-15-40-12-5-2-6-13-40/h3-4,9-10,16-18,20,22H,2,5-8,11-15,19H2,1H3,(H,38,45)(H,39,43)/t22-/m1/s1. The van der Waals surface area contributed by atoms with E-state index >= 15 is 4.39 Å². The van der Waals surface area contributed by atoms with Crippen molar-refractivity contribution in [1.29, 1.82) is 0 Å². The third-order valence-corrected chi connectivity index (χ3v) is 9.65. The number of fused-ring (bicyclic) bond motifs is 5. The van der Waals surface area contributed by atoms with E-state index in [1.807, 2.05) is 41.3 Å². The lowest BCUT2D eigenvalue weighted by atomic mass is 10.0. The Hall–Kier alpha value is -4.90. The summed E-state index contributed by atoms with van der Waals surface area (Å²) in [5.41, 5.74) is 1.87. The van der Waals surface area contributed by atoms with Crippen molar-refractivity contribution in [1.82, 2.24) is 20.1 Å². The lowest BCUT2D eigenvalue weighted by molar-refractivity contribution is -0.119. The van der Waals surface area contributed by atoms with Gasteiger partial charge in [-0.2, -0.15) is 0 Å². The van der Waals surface area contributed by atoms with Crippen molar-refractivity contribution < 1.29 is 23.1 Å². The van der Waals surface area contributed by atoms with Gasteiger partial charge in [-0.05, 0) is 57.0 Å². The summed E-state index contributed by atoms with van der Waals surface area (Å²) in [7, 11) is 0. The summed E-state index contributed by atoms with van der Waals surface area (Å²) in [6.07, 6.45) is 6.56. The molecule has 0 spiro atoms. The Morgan fingerprint density at radius 3 is 2.64 bits per heavy atom. The Kier molecular flexibility index (Phi) is 7.35. The number of benzene rings is 3. The number of anilines is 1. The number of hydrogen-bond acceptors (Lipinski definition) is 7. The first-order valence-corrected chi connectivity index (χ1v) is 16.4. The van der Waals surface area contributed by atoms with Gasteiger partial charge in [-0.1, -0.05) is 24.6 Å². The Balaban J connectivity index is 1.27. The number of aromatic nitrogens is 1. The minimum Gasteiger partial charge on any atom is -0.456 e. The van der Waals surface area contributed by atoms with Crippen LogP contribution in [-0.2, 0) is 4.79 Å². The fourth-order valence-electron chi connectivity index (χ4n) is 7.47. The highest BCUT2D eigenvalue weighted by Crippen LogP contribution is 2.48. The maximum atomic E-state index is 16.3. The molecule has 0 unspecified atom stereocenters. The molecule has 242 valence electrons. The molecule has 2 fully saturated rings. The van der Waals surface area contributed by atoms with E-state index < -0.39 is 17.2 Å². The van der Waals surface area contributed by atoms with Gasteiger partial charge in [0.15, 0.2) is 17.3 Å². The fraction of sp³-hybridized carbons (Fsp3) is 0.361. The van der Waals surface area contributed by atoms with Crippen LogP contribution < -0.4 is 25.7 Å². The molecule has 0 bridgehead atoms. The highest BCUT2D eigenvalue weighted by molar-refractivity contribution is 6.07. The van der Waals surface area contributed by atoms with Crippen LogP contribution in [0, 0.1) is 5.82 Å². The van der Waals surface area contributed by atoms with Gasteiger partial charge in [0.05, 0.1) is 11.1 Å². The van der Waals surface area contributed by atoms with Crippen LogP contribution in [0.25, 0.3) is 38.5 Å². The van der Waals surface area contributed by atoms with Gasteiger partial charge in [-0.25, -0.2) is 4.39 Å². The molecule has 2 amide bonds. The van der Waals surface area contributed by atoms with Crippen LogP contribution in [0.4, 0.5) is 10.1 Å². The summed E-state index contributed by atoms with van der Waals surface area (Å²) >= 11 is 0. The molecule has 3 aromatic carbocycles. The molecule has 2 saturated heterocycles. The molecule has 0 aliphatic carbocycles. The predicted octanol–water partition coefficient (Wildman–Crippen LogP) is 5.46. The summed E-state index contributed by atoms with van der Waals surface area (Å²) in [4.78, 5) is 43.5. The van der Waals surface area contributed by atoms with Crippen molar-refractivity contribution >= 4 is 50.3 Å². The minimum absolute atomic E-state index is 0.0516. The molecule has 47 heavy (non-hydrogen) atoms. The van der Waals surface area contributed by atoms with Crippen LogP contribution in [0.3, 0.4) is 0 Å². The topological polar surface area (TPSA) is 109 Å². The smallest absolute Gasteiger partial charge is 0.256 e. The number of amides is 2. The maximum Gasteiger partial charge on any atom is 0.256 e. The van der Waals surface area contributed by atoms with Crippen molar-refractivity contribution in [3.05, 3.63) is 70.3 Å². The van der Waals surface area contributed by atoms with Crippen molar-refractivity contribution in [2.75, 3.05) is 44.2 Å². The lowest BCUT2D eigenvalue weighted by Gasteiger charge is -2.36. The van der Waals surface area contributed by atoms with E-state index in [9.17, 15) is 14.4 Å². The molecular formula is C36H36FN5O5. The summed E-state index contributed by atoms with van der Waals surface area (Å²) in [6, 6.07) is 12.5. The van der Waals surface area contributed by atoms with Crippen LogP contribution in [0.1, 0.15) is 49.4 Å². The second kappa shape index (κ2) is 11.7. The number of carbonyl (C=O) groups is 2. The number of carbonyl (C=O) groups excluding carboxylic acids is 2. The average Bonchev–Trinajstić information content (AvgIpc) is 3.42. The van der Waals surface area contributed by atoms with Crippen LogP contribution in [0.5, 0.6) is 11.5 Å². The van der Waals surface area contributed by atoms with E-state index in [0.29, 0.717) is 54.3 Å². The Morgan fingerprint density at radius 1 is 0.979 bits per heavy atom. The summed E-state index contributed by atoms with van der Waals surface area (Å²) in [5, 5.41) is 7.68. The van der Waals surface area contributed by atoms with E-state index in [2.05, 4.69) is 15.5 Å². The van der Waals surface area contributed by atoms with Gasteiger partial charge < -0.3 is 34.2 Å². The maximum absolute atomic E-state index is 16.3. The number of nitrogens with zero attached hydrogens (tertiary/aromatic N) is 3. The quantitative estimate of drug-likeness (QED) is 0.250. The molecule has 3 aliphatic heterocycles. The first-order chi connectivity index (χ1) is 22.9. The molecule has 2 aromatic heterocycles. The van der Waals surface area contributed by atoms with Gasteiger partial charge in [0.2, 0.25) is 11.3 Å². The number of ether oxygens (including phenoxy) is 1. The fourth-order valence-corrected chi connectivity index (χ4v) is 7.47. The zero-order valence-corrected chi connectivity index (χ0v) is 26.2. The molecule has 11 heteroatoms. The van der Waals surface area contributed by atoms with Crippen molar-refractivity contribution in [2.24, 2.45) is 0 Å². The Morgan fingerprint density at radius 2 is 1.81 bits per heavy atom. The van der Waals surface area contributed by atoms with Gasteiger partial charge in [0.25, 0.3) is 5.91 Å². The van der Waals surface area contributed by atoms with E-state index in [4.69, 9.17) is 9.15 Å². The number of para-hydroxylation sites is 1. The average molecular weight is 638 g/mol. The van der Waals surface area contributed by atoms with Gasteiger partial charge >= 0.3 is 0 Å². The second-order valence-corrected chi connectivity index (χ2v) is 12.8. The minimum atomic E-state index is -0.624. The van der Waals surface area contributed by atoms with Crippen LogP contribution in [0.2, 0.25) is 0 Å². The van der Waals surface area contributed by atoms with Crippen LogP contribution in [-0.4, -0.2) is 66.6 Å². The highest BCUT2D eigenvalue weighted by atomic mass is 19.1. The number of furan rings is 1. The SMILES string of the molecule is CC(=O)N[C@@H]1CCCN(c2c(F)cc3c(=O)c(C(=O)NCCN4CCCCC4)cn4c3c2Oc2cc3c(cc2-4)oc2ccccc23)C1. The number of halogens is 1. The molecule has 3 aliphatic rings. The van der Waals surface area contributed by atoms with Crippen molar-refractivity contribution in [2.45, 2.75) is 45.1 Å². The Bertz CT molecular complexity index is 2130. The number of hydrogen-bond donors (Lipinski definition) is 2. The monoisotopic (exact) mass is 637 g/mol. The molecular weight excluding hydrogens is 601 g/mol. The molecule has 2 N–H and O–H groups in total. The largest absolute Gasteiger partial charge is 0.456 e. The molecule has 8 rings (SSSR count). The van der Waals surface area contributed by atoms with Gasteiger partial charge in [0, 0.05) is 62.2 Å². The van der Waals surface area contributed by atoms with Crippen LogP contribution >= 0.6 is 0 Å². The van der Waals surface area contributed by atoms with Crippen molar-refractivity contribution in [3.63, 3.8) is 0 Å². The third-order valence-electron chi connectivity index (χ3n) is 9.65. The Labute approximate surface area is 270 Å². The second-order valence-electron chi connectivity index (χ2n) is 12.8. The molecule has 0 radical (unpaired) electrons. The lowest BCUT2D eigenvalue weighted by Crippen LogP contribution is -2.47. The number of likely N-dealkylation sites (tertiary alicyclic amines) is 1. The molecule has 10 nitrogen and oxygen atoms in total. The van der Waals surface area contributed by atoms with Gasteiger partial charge in [-0.15, -0.1) is 0 Å². The molecule has 5 aromatic rings. The van der Waals surface area contributed by atoms with E-state index in [-0.39, 0.29) is 34.3 Å². The number of piperidine rings is 2. The van der Waals surface area contributed by atoms with E-state index in [1.54, 1.807) is 4.57 Å². The van der Waals surface area contributed by atoms with E-state index in [1.165, 1.54) is 25.6 Å². The number of pyridine rings is 1. The number of nitrogens with one attached hydrogen (secondary N) is 2. The summed E-state index contributed by atoms with van der Waals surface area (Å²) in [6.45, 7) is 5.51. The molecule has 5 heterocycles. The molecule has 0 saturated carbocycles. The first kappa shape index (κ1) is 29.5. The normalized spacial score (nSPS) is 17.9. The third kappa shape index (κ3) is 5.18. The van der Waals surface area contributed by atoms with Crippen molar-refractivity contribution in [3.8, 4) is 17.2 Å². The number of rotatable bonds is 6. The van der Waals surface area contributed by atoms with Gasteiger partial charge in [-0.3, -0.25) is 14.4 Å². The predicted molar refractivity (Wildman–Crippen MR) is 179 cm³/mol. The summed E-state index contributed by atoms with van der Waals surface area (Å²) < 4.78 is 30.8. The van der Waals surface area contributed by atoms with Crippen LogP contribution in [0.15, 0.2) is 57.9 Å². The highest BCUT2D eigenvalue weighted by Gasteiger charge is 2.33. The zero-order valence-electron chi connectivity index (χ0n) is 26.2. The van der Waals surface area contributed by atoms with E-state index in [0.717, 1.165) is 49.5 Å².